The summed E-state index contributed by atoms with van der Waals surface area (Å²) in [4.78, 5) is 10.9. The van der Waals surface area contributed by atoms with Crippen LogP contribution in [0.5, 0.6) is 0 Å². The van der Waals surface area contributed by atoms with Crippen molar-refractivity contribution in [3.63, 3.8) is 0 Å². The van der Waals surface area contributed by atoms with Crippen LogP contribution in [-0.2, 0) is 19.4 Å². The maximum atomic E-state index is 10.9. The molecule has 0 aliphatic heterocycles. The number of hydrogen-bond acceptors (Lipinski definition) is 3. The van der Waals surface area contributed by atoms with Gasteiger partial charge in [0.05, 0.1) is 0 Å². The second-order valence-corrected chi connectivity index (χ2v) is 5.25. The monoisotopic (exact) mass is 271 g/mol. The highest BCUT2D eigenvalue weighted by atomic mass is 16.4. The van der Waals surface area contributed by atoms with E-state index in [1.165, 1.54) is 11.1 Å². The number of furan rings is 1. The predicted molar refractivity (Wildman–Crippen MR) is 74.9 cm³/mol. The first-order valence-corrected chi connectivity index (χ1v) is 6.76. The van der Waals surface area contributed by atoms with Crippen LogP contribution in [0, 0.1) is 6.92 Å². The summed E-state index contributed by atoms with van der Waals surface area (Å²) >= 11 is 0. The number of carboxylic acid groups (broad SMARTS) is 1. The van der Waals surface area contributed by atoms with Gasteiger partial charge in [0.15, 0.2) is 0 Å². The first-order chi connectivity index (χ1) is 9.63. The van der Waals surface area contributed by atoms with Crippen molar-refractivity contribution in [2.45, 2.75) is 32.4 Å². The maximum absolute atomic E-state index is 10.9. The van der Waals surface area contributed by atoms with Gasteiger partial charge in [0.1, 0.15) is 5.76 Å². The molecule has 20 heavy (non-hydrogen) atoms. The minimum atomic E-state index is -1.02. The third-order valence-corrected chi connectivity index (χ3v) is 3.86. The zero-order valence-corrected chi connectivity index (χ0v) is 11.3. The lowest BCUT2D eigenvalue weighted by molar-refractivity contribution is 0.0661. The Morgan fingerprint density at radius 3 is 2.55 bits per heavy atom. The molecule has 0 amide bonds. The van der Waals surface area contributed by atoms with Crippen LogP contribution >= 0.6 is 0 Å². The summed E-state index contributed by atoms with van der Waals surface area (Å²) < 4.78 is 5.21. The number of fused-ring (bicyclic) bond motifs is 1. The molecule has 1 aliphatic rings. The van der Waals surface area contributed by atoms with Gasteiger partial charge in [-0.25, -0.2) is 4.79 Å². The molecule has 104 valence electrons. The van der Waals surface area contributed by atoms with Gasteiger partial charge in [-0.1, -0.05) is 24.3 Å². The van der Waals surface area contributed by atoms with Crippen LogP contribution in [0.3, 0.4) is 0 Å². The summed E-state index contributed by atoms with van der Waals surface area (Å²) in [6, 6.07) is 10.5. The van der Waals surface area contributed by atoms with Gasteiger partial charge in [0.25, 0.3) is 0 Å². The van der Waals surface area contributed by atoms with E-state index >= 15 is 0 Å². The normalized spacial score (nSPS) is 14.4. The molecule has 2 aromatic rings. The van der Waals surface area contributed by atoms with E-state index in [4.69, 9.17) is 9.52 Å². The summed E-state index contributed by atoms with van der Waals surface area (Å²) in [5.74, 6) is -0.341. The smallest absolute Gasteiger partial charge is 0.371 e. The van der Waals surface area contributed by atoms with Gasteiger partial charge in [0.2, 0.25) is 5.76 Å². The van der Waals surface area contributed by atoms with Gasteiger partial charge < -0.3 is 14.8 Å². The van der Waals surface area contributed by atoms with E-state index in [1.807, 2.05) is 0 Å². The Hall–Kier alpha value is -2.07. The topological polar surface area (TPSA) is 62.5 Å². The maximum Gasteiger partial charge on any atom is 0.371 e. The molecular formula is C16H17NO3. The average molecular weight is 271 g/mol. The molecule has 0 saturated heterocycles. The van der Waals surface area contributed by atoms with Crippen LogP contribution in [0.25, 0.3) is 0 Å². The zero-order chi connectivity index (χ0) is 14.1. The quantitative estimate of drug-likeness (QED) is 0.897. The molecule has 4 heteroatoms. The number of aryl methyl sites for hydroxylation is 1. The second kappa shape index (κ2) is 5.13. The molecule has 0 bridgehead atoms. The Morgan fingerprint density at radius 2 is 2.00 bits per heavy atom. The number of aromatic carboxylic acids is 1. The molecule has 1 aromatic heterocycles. The molecule has 0 radical (unpaired) electrons. The fraction of sp³-hybridized carbons (Fsp3) is 0.312. The van der Waals surface area contributed by atoms with Gasteiger partial charge in [-0.15, -0.1) is 0 Å². The van der Waals surface area contributed by atoms with Crippen LogP contribution in [0.4, 0.5) is 0 Å². The van der Waals surface area contributed by atoms with Crippen molar-refractivity contribution in [1.29, 1.82) is 0 Å². The van der Waals surface area contributed by atoms with Crippen molar-refractivity contribution in [3.05, 3.63) is 58.5 Å². The molecule has 1 heterocycles. The molecule has 2 N–H and O–H groups in total. The Morgan fingerprint density at radius 1 is 1.35 bits per heavy atom. The fourth-order valence-electron chi connectivity index (χ4n) is 2.76. The first-order valence-electron chi connectivity index (χ1n) is 6.76. The first kappa shape index (κ1) is 12.9. The van der Waals surface area contributed by atoms with Gasteiger partial charge in [0, 0.05) is 18.2 Å². The van der Waals surface area contributed by atoms with Crippen LogP contribution in [0.1, 0.15) is 33.0 Å². The van der Waals surface area contributed by atoms with Crippen molar-refractivity contribution >= 4 is 5.97 Å². The fourth-order valence-corrected chi connectivity index (χ4v) is 2.76. The van der Waals surface area contributed by atoms with Crippen molar-refractivity contribution < 1.29 is 14.3 Å². The van der Waals surface area contributed by atoms with E-state index < -0.39 is 5.97 Å². The van der Waals surface area contributed by atoms with Gasteiger partial charge in [-0.3, -0.25) is 0 Å². The number of benzene rings is 1. The summed E-state index contributed by atoms with van der Waals surface area (Å²) in [5, 5.41) is 12.4. The number of hydrogen-bond donors (Lipinski definition) is 2. The largest absolute Gasteiger partial charge is 0.475 e. The van der Waals surface area contributed by atoms with E-state index in [0.29, 0.717) is 18.3 Å². The van der Waals surface area contributed by atoms with Crippen molar-refractivity contribution in [1.82, 2.24) is 5.32 Å². The molecule has 0 atom stereocenters. The van der Waals surface area contributed by atoms with Crippen molar-refractivity contribution in [2.24, 2.45) is 0 Å². The summed E-state index contributed by atoms with van der Waals surface area (Å²) in [5.41, 5.74) is 3.72. The highest BCUT2D eigenvalue weighted by Crippen LogP contribution is 2.22. The Bertz CT molecular complexity index is 620. The number of carbonyl (C=O) groups is 1. The molecule has 4 nitrogen and oxygen atoms in total. The predicted octanol–water partition coefficient (Wildman–Crippen LogP) is 2.54. The SMILES string of the molecule is Cc1oc(C(=O)O)cc1CNC1Cc2ccccc2C1. The molecule has 1 aliphatic carbocycles. The van der Waals surface area contributed by atoms with Crippen LogP contribution < -0.4 is 5.32 Å². The Kier molecular flexibility index (Phi) is 3.32. The summed E-state index contributed by atoms with van der Waals surface area (Å²) in [6.45, 7) is 2.44. The van der Waals surface area contributed by atoms with Crippen molar-refractivity contribution in [2.75, 3.05) is 0 Å². The minimum Gasteiger partial charge on any atom is -0.475 e. The molecule has 0 spiro atoms. The molecular weight excluding hydrogens is 254 g/mol. The standard InChI is InChI=1S/C16H17NO3/c1-10-13(8-15(20-10)16(18)19)9-17-14-6-11-4-2-3-5-12(11)7-14/h2-5,8,14,17H,6-7,9H2,1H3,(H,18,19). The van der Waals surface area contributed by atoms with Gasteiger partial charge in [-0.05, 0) is 37.0 Å². The van der Waals surface area contributed by atoms with Crippen LogP contribution in [0.2, 0.25) is 0 Å². The van der Waals surface area contributed by atoms with Gasteiger partial charge >= 0.3 is 5.97 Å². The van der Waals surface area contributed by atoms with E-state index in [2.05, 4.69) is 29.6 Å². The number of nitrogens with one attached hydrogen (secondary N) is 1. The zero-order valence-electron chi connectivity index (χ0n) is 11.3. The van der Waals surface area contributed by atoms with E-state index in [9.17, 15) is 4.79 Å². The second-order valence-electron chi connectivity index (χ2n) is 5.25. The molecule has 0 saturated carbocycles. The van der Waals surface area contributed by atoms with Crippen LogP contribution in [0.15, 0.2) is 34.7 Å². The molecule has 0 unspecified atom stereocenters. The number of carboxylic acids is 1. The van der Waals surface area contributed by atoms with E-state index in [-0.39, 0.29) is 5.76 Å². The summed E-state index contributed by atoms with van der Waals surface area (Å²) in [6.07, 6.45) is 2.05. The van der Waals surface area contributed by atoms with Crippen LogP contribution in [-0.4, -0.2) is 17.1 Å². The lowest BCUT2D eigenvalue weighted by Crippen LogP contribution is -2.29. The molecule has 3 rings (SSSR count). The van der Waals surface area contributed by atoms with Crippen molar-refractivity contribution in [3.8, 4) is 0 Å². The number of rotatable bonds is 4. The lowest BCUT2D eigenvalue weighted by atomic mass is 10.1. The third-order valence-electron chi connectivity index (χ3n) is 3.86. The summed E-state index contributed by atoms with van der Waals surface area (Å²) in [7, 11) is 0. The van der Waals surface area contributed by atoms with E-state index in [1.54, 1.807) is 13.0 Å². The van der Waals surface area contributed by atoms with E-state index in [0.717, 1.165) is 18.4 Å². The highest BCUT2D eigenvalue weighted by molar-refractivity contribution is 5.84. The third kappa shape index (κ3) is 2.47. The Balaban J connectivity index is 1.63. The lowest BCUT2D eigenvalue weighted by Gasteiger charge is -2.11. The molecule has 1 aromatic carbocycles. The average Bonchev–Trinajstić information content (AvgIpc) is 2.99. The molecule has 0 fully saturated rings. The van der Waals surface area contributed by atoms with Gasteiger partial charge in [-0.2, -0.15) is 0 Å². The Labute approximate surface area is 117 Å². The minimum absolute atomic E-state index is 0.00834. The highest BCUT2D eigenvalue weighted by Gasteiger charge is 2.21.